The van der Waals surface area contributed by atoms with Crippen LogP contribution >= 0.6 is 0 Å². The summed E-state index contributed by atoms with van der Waals surface area (Å²) in [6.07, 6.45) is 0. The Hall–Kier alpha value is -2.63. The Morgan fingerprint density at radius 1 is 1.24 bits per heavy atom. The van der Waals surface area contributed by atoms with Crippen LogP contribution in [0.2, 0.25) is 0 Å². The van der Waals surface area contributed by atoms with Crippen molar-refractivity contribution in [3.63, 3.8) is 0 Å². The predicted octanol–water partition coefficient (Wildman–Crippen LogP) is 1.20. The molecule has 1 aromatic carbocycles. The minimum absolute atomic E-state index is 0.218. The first kappa shape index (κ1) is 14.8. The molecule has 2 rings (SSSR count). The highest BCUT2D eigenvalue weighted by atomic mass is 16.5. The van der Waals surface area contributed by atoms with Crippen LogP contribution in [0, 0.1) is 0 Å². The Balaban J connectivity index is 2.02. The first-order valence-electron chi connectivity index (χ1n) is 6.63. The van der Waals surface area contributed by atoms with Crippen LogP contribution in [-0.2, 0) is 13.1 Å². The van der Waals surface area contributed by atoms with E-state index in [1.165, 1.54) is 16.8 Å². The van der Waals surface area contributed by atoms with Crippen molar-refractivity contribution in [3.05, 3.63) is 58.0 Å². The van der Waals surface area contributed by atoms with E-state index < -0.39 is 0 Å². The Bertz CT molecular complexity index is 677. The minimum atomic E-state index is -0.312. The van der Waals surface area contributed by atoms with Crippen LogP contribution in [-0.4, -0.2) is 22.8 Å². The smallest absolute Gasteiger partial charge is 0.271 e. The fraction of sp³-hybridized carbons (Fsp3) is 0.267. The zero-order chi connectivity index (χ0) is 15.2. The van der Waals surface area contributed by atoms with Gasteiger partial charge < -0.3 is 10.1 Å². The van der Waals surface area contributed by atoms with Gasteiger partial charge in [-0.2, -0.15) is 5.10 Å². The highest BCUT2D eigenvalue weighted by Gasteiger charge is 2.08. The van der Waals surface area contributed by atoms with Gasteiger partial charge in [0.2, 0.25) is 0 Å². The number of nitrogens with zero attached hydrogens (tertiary/aromatic N) is 2. The summed E-state index contributed by atoms with van der Waals surface area (Å²) in [7, 11) is 1.60. The number of amides is 1. The summed E-state index contributed by atoms with van der Waals surface area (Å²) in [5.41, 5.74) is 0.960. The molecule has 1 amide bonds. The van der Waals surface area contributed by atoms with Crippen molar-refractivity contribution >= 4 is 5.91 Å². The summed E-state index contributed by atoms with van der Waals surface area (Å²) in [5, 5.41) is 6.77. The lowest BCUT2D eigenvalue weighted by molar-refractivity contribution is 0.0943. The Labute approximate surface area is 122 Å². The second kappa shape index (κ2) is 6.69. The molecule has 0 saturated heterocycles. The molecule has 2 aromatic rings. The molecule has 0 saturated carbocycles. The fourth-order valence-electron chi connectivity index (χ4n) is 1.81. The van der Waals surface area contributed by atoms with Crippen LogP contribution in [0.25, 0.3) is 0 Å². The number of aromatic nitrogens is 2. The van der Waals surface area contributed by atoms with E-state index in [0.717, 1.165) is 11.3 Å². The molecular weight excluding hydrogens is 270 g/mol. The molecule has 1 aromatic heterocycles. The largest absolute Gasteiger partial charge is 0.497 e. The van der Waals surface area contributed by atoms with E-state index >= 15 is 0 Å². The Morgan fingerprint density at radius 3 is 2.57 bits per heavy atom. The van der Waals surface area contributed by atoms with Gasteiger partial charge in [-0.3, -0.25) is 9.59 Å². The van der Waals surface area contributed by atoms with Gasteiger partial charge >= 0.3 is 0 Å². The Morgan fingerprint density at radius 2 is 1.95 bits per heavy atom. The summed E-state index contributed by atoms with van der Waals surface area (Å²) < 4.78 is 6.32. The normalized spacial score (nSPS) is 10.2. The third-order valence-electron chi connectivity index (χ3n) is 3.01. The molecule has 110 valence electrons. The molecule has 0 unspecified atom stereocenters. The first-order valence-corrected chi connectivity index (χ1v) is 6.63. The number of hydrogen-bond acceptors (Lipinski definition) is 4. The molecular formula is C15H17N3O3. The number of carbonyl (C=O) groups excluding carboxylic acids is 1. The molecule has 6 heteroatoms. The average molecular weight is 287 g/mol. The van der Waals surface area contributed by atoms with E-state index in [-0.39, 0.29) is 17.2 Å². The van der Waals surface area contributed by atoms with E-state index in [1.807, 2.05) is 24.3 Å². The number of methoxy groups -OCH3 is 1. The second-order valence-corrected chi connectivity index (χ2v) is 4.40. The van der Waals surface area contributed by atoms with E-state index in [4.69, 9.17) is 4.74 Å². The number of hydrogen-bond donors (Lipinski definition) is 1. The third-order valence-corrected chi connectivity index (χ3v) is 3.01. The van der Waals surface area contributed by atoms with E-state index in [1.54, 1.807) is 14.0 Å². The standard InChI is InChI=1S/C15H17N3O3/c1-3-18-14(19)9-8-13(17-18)15(20)16-10-11-4-6-12(21-2)7-5-11/h4-9H,3,10H2,1-2H3,(H,16,20). The number of rotatable bonds is 5. The SMILES string of the molecule is CCn1nc(C(=O)NCc2ccc(OC)cc2)ccc1=O. The topological polar surface area (TPSA) is 73.2 Å². The third kappa shape index (κ3) is 3.68. The molecule has 0 aliphatic rings. The maximum absolute atomic E-state index is 12.0. The lowest BCUT2D eigenvalue weighted by Crippen LogP contribution is -2.29. The van der Waals surface area contributed by atoms with Crippen LogP contribution < -0.4 is 15.6 Å². The quantitative estimate of drug-likeness (QED) is 0.897. The van der Waals surface area contributed by atoms with Crippen molar-refractivity contribution in [3.8, 4) is 5.75 Å². The molecule has 0 fully saturated rings. The fourth-order valence-corrected chi connectivity index (χ4v) is 1.81. The molecule has 0 aliphatic heterocycles. The molecule has 21 heavy (non-hydrogen) atoms. The van der Waals surface area contributed by atoms with Crippen molar-refractivity contribution in [1.82, 2.24) is 15.1 Å². The number of ether oxygens (including phenoxy) is 1. The summed E-state index contributed by atoms with van der Waals surface area (Å²) in [6.45, 7) is 2.61. The highest BCUT2D eigenvalue weighted by Crippen LogP contribution is 2.11. The maximum Gasteiger partial charge on any atom is 0.271 e. The van der Waals surface area contributed by atoms with Gasteiger partial charge in [-0.15, -0.1) is 0 Å². The van der Waals surface area contributed by atoms with Gasteiger partial charge in [0.25, 0.3) is 11.5 Å². The molecule has 0 radical (unpaired) electrons. The predicted molar refractivity (Wildman–Crippen MR) is 78.3 cm³/mol. The number of benzene rings is 1. The summed E-state index contributed by atoms with van der Waals surface area (Å²) in [5.74, 6) is 0.454. The van der Waals surface area contributed by atoms with Crippen molar-refractivity contribution in [1.29, 1.82) is 0 Å². The van der Waals surface area contributed by atoms with Gasteiger partial charge in [0.05, 0.1) is 7.11 Å². The van der Waals surface area contributed by atoms with Crippen LogP contribution in [0.1, 0.15) is 23.0 Å². The van der Waals surface area contributed by atoms with Gasteiger partial charge in [-0.1, -0.05) is 12.1 Å². The van der Waals surface area contributed by atoms with E-state index in [0.29, 0.717) is 13.1 Å². The first-order chi connectivity index (χ1) is 10.1. The van der Waals surface area contributed by atoms with Gasteiger partial charge in [0.1, 0.15) is 11.4 Å². The monoisotopic (exact) mass is 287 g/mol. The zero-order valence-electron chi connectivity index (χ0n) is 12.0. The Kier molecular flexibility index (Phi) is 4.71. The lowest BCUT2D eigenvalue weighted by Gasteiger charge is -2.07. The molecule has 0 spiro atoms. The van der Waals surface area contributed by atoms with Crippen molar-refractivity contribution in [2.24, 2.45) is 0 Å². The summed E-state index contributed by atoms with van der Waals surface area (Å²) in [6, 6.07) is 10.2. The lowest BCUT2D eigenvalue weighted by atomic mass is 10.2. The van der Waals surface area contributed by atoms with Crippen molar-refractivity contribution < 1.29 is 9.53 Å². The van der Waals surface area contributed by atoms with Gasteiger partial charge in [0.15, 0.2) is 0 Å². The highest BCUT2D eigenvalue weighted by molar-refractivity contribution is 5.91. The molecule has 0 aliphatic carbocycles. The maximum atomic E-state index is 12.0. The average Bonchev–Trinajstić information content (AvgIpc) is 2.53. The summed E-state index contributed by atoms with van der Waals surface area (Å²) >= 11 is 0. The van der Waals surface area contributed by atoms with E-state index in [9.17, 15) is 9.59 Å². The molecule has 0 bridgehead atoms. The van der Waals surface area contributed by atoms with Gasteiger partial charge in [-0.05, 0) is 30.7 Å². The van der Waals surface area contributed by atoms with Gasteiger partial charge in [0, 0.05) is 19.2 Å². The number of nitrogens with one attached hydrogen (secondary N) is 1. The molecule has 6 nitrogen and oxygen atoms in total. The molecule has 0 atom stereocenters. The summed E-state index contributed by atoms with van der Waals surface area (Å²) in [4.78, 5) is 23.4. The van der Waals surface area contributed by atoms with E-state index in [2.05, 4.69) is 10.4 Å². The van der Waals surface area contributed by atoms with Gasteiger partial charge in [-0.25, -0.2) is 4.68 Å². The van der Waals surface area contributed by atoms with Crippen molar-refractivity contribution in [2.75, 3.05) is 7.11 Å². The van der Waals surface area contributed by atoms with Crippen LogP contribution in [0.5, 0.6) is 5.75 Å². The number of aryl methyl sites for hydroxylation is 1. The van der Waals surface area contributed by atoms with Crippen molar-refractivity contribution in [2.45, 2.75) is 20.0 Å². The number of carbonyl (C=O) groups is 1. The molecule has 1 heterocycles. The minimum Gasteiger partial charge on any atom is -0.497 e. The van der Waals surface area contributed by atoms with Crippen LogP contribution in [0.3, 0.4) is 0 Å². The molecule has 1 N–H and O–H groups in total. The van der Waals surface area contributed by atoms with Crippen LogP contribution in [0.15, 0.2) is 41.2 Å². The second-order valence-electron chi connectivity index (χ2n) is 4.40. The van der Waals surface area contributed by atoms with Crippen LogP contribution in [0.4, 0.5) is 0 Å². The zero-order valence-corrected chi connectivity index (χ0v) is 12.0.